The molecule has 1 aliphatic rings. The number of benzene rings is 1. The molecule has 2 atom stereocenters. The number of rotatable bonds is 5. The number of methoxy groups -OCH3 is 1. The van der Waals surface area contributed by atoms with E-state index in [-0.39, 0.29) is 25.0 Å². The Morgan fingerprint density at radius 1 is 1.39 bits per heavy atom. The predicted octanol–water partition coefficient (Wildman–Crippen LogP) is 2.89. The number of aliphatic carboxylic acids is 1. The lowest BCUT2D eigenvalue weighted by molar-refractivity contribution is -0.159. The number of carboxylic acids is 1. The van der Waals surface area contributed by atoms with Crippen LogP contribution in [0.25, 0.3) is 0 Å². The van der Waals surface area contributed by atoms with Gasteiger partial charge in [-0.2, -0.15) is 0 Å². The monoisotopic (exact) mass is 383 g/mol. The molecule has 126 valence electrons. The molecule has 1 aromatic carbocycles. The highest BCUT2D eigenvalue weighted by Crippen LogP contribution is 2.32. The van der Waals surface area contributed by atoms with E-state index >= 15 is 0 Å². The number of carboxylic acid groups (broad SMARTS) is 1. The average Bonchev–Trinajstić information content (AvgIpc) is 2.54. The summed E-state index contributed by atoms with van der Waals surface area (Å²) >= 11 is 3.38. The van der Waals surface area contributed by atoms with Gasteiger partial charge in [0.25, 0.3) is 0 Å². The van der Waals surface area contributed by atoms with Crippen molar-refractivity contribution in [3.8, 4) is 0 Å². The Balaban J connectivity index is 2.15. The molecule has 1 N–H and O–H groups in total. The van der Waals surface area contributed by atoms with Crippen molar-refractivity contribution >= 4 is 27.8 Å². The summed E-state index contributed by atoms with van der Waals surface area (Å²) in [6.07, 6.45) is 1.21. The molecule has 0 saturated carbocycles. The molecule has 1 aliphatic heterocycles. The van der Waals surface area contributed by atoms with Crippen LogP contribution in [0.15, 0.2) is 28.7 Å². The molecule has 0 spiro atoms. The molecule has 1 aromatic rings. The van der Waals surface area contributed by atoms with Crippen molar-refractivity contribution in [2.75, 3.05) is 26.8 Å². The number of hydrogen-bond donors (Lipinski definition) is 1. The topological polar surface area (TPSA) is 66.8 Å². The average molecular weight is 384 g/mol. The smallest absolute Gasteiger partial charge is 0.313 e. The van der Waals surface area contributed by atoms with Crippen LogP contribution in [0.3, 0.4) is 0 Å². The first-order valence-electron chi connectivity index (χ1n) is 7.66. The Morgan fingerprint density at radius 2 is 2.04 bits per heavy atom. The minimum absolute atomic E-state index is 0.0336. The highest BCUT2D eigenvalue weighted by molar-refractivity contribution is 9.10. The number of piperidine rings is 1. The molecule has 1 fully saturated rings. The van der Waals surface area contributed by atoms with Gasteiger partial charge in [-0.25, -0.2) is 0 Å². The number of ether oxygens (including phenoxy) is 1. The van der Waals surface area contributed by atoms with E-state index in [2.05, 4.69) is 15.9 Å². The van der Waals surface area contributed by atoms with Crippen LogP contribution >= 0.6 is 15.9 Å². The number of carbonyl (C=O) groups is 2. The molecular weight excluding hydrogens is 362 g/mol. The predicted molar refractivity (Wildman–Crippen MR) is 90.3 cm³/mol. The third-order valence-corrected chi connectivity index (χ3v) is 5.03. The van der Waals surface area contributed by atoms with Crippen molar-refractivity contribution in [1.82, 2.24) is 4.90 Å². The van der Waals surface area contributed by atoms with E-state index in [1.165, 1.54) is 7.11 Å². The maximum Gasteiger partial charge on any atom is 0.313 e. The van der Waals surface area contributed by atoms with Crippen molar-refractivity contribution in [2.45, 2.75) is 25.7 Å². The van der Waals surface area contributed by atoms with Crippen LogP contribution in [0.2, 0.25) is 0 Å². The normalized spacial score (nSPS) is 22.7. The zero-order valence-corrected chi connectivity index (χ0v) is 15.0. The molecule has 0 aliphatic carbocycles. The molecule has 1 amide bonds. The second-order valence-electron chi connectivity index (χ2n) is 6.16. The number of amides is 1. The standard InChI is InChI=1S/C17H22BrNO4/c1-12(13-4-6-14(18)7-5-13)15(20)19-9-3-8-17(10-19,11-23-2)16(21)22/h4-7,12H,3,8-11H2,1-2H3,(H,21,22). The van der Waals surface area contributed by atoms with E-state index in [0.29, 0.717) is 19.4 Å². The summed E-state index contributed by atoms with van der Waals surface area (Å²) < 4.78 is 6.07. The van der Waals surface area contributed by atoms with Crippen molar-refractivity contribution in [3.05, 3.63) is 34.3 Å². The quantitative estimate of drug-likeness (QED) is 0.848. The van der Waals surface area contributed by atoms with Gasteiger partial charge >= 0.3 is 5.97 Å². The van der Waals surface area contributed by atoms with Gasteiger partial charge in [0.05, 0.1) is 12.5 Å². The molecule has 0 radical (unpaired) electrons. The molecule has 5 nitrogen and oxygen atoms in total. The SMILES string of the molecule is COCC1(C(=O)O)CCCN(C(=O)C(C)c2ccc(Br)cc2)C1. The maximum absolute atomic E-state index is 12.8. The van der Waals surface area contributed by atoms with E-state index in [1.54, 1.807) is 4.90 Å². The van der Waals surface area contributed by atoms with Gasteiger partial charge in [-0.15, -0.1) is 0 Å². The first kappa shape index (κ1) is 17.9. The number of nitrogens with zero attached hydrogens (tertiary/aromatic N) is 1. The zero-order valence-electron chi connectivity index (χ0n) is 13.4. The molecule has 1 saturated heterocycles. The Bertz CT molecular complexity index is 570. The molecule has 1 heterocycles. The highest BCUT2D eigenvalue weighted by atomic mass is 79.9. The lowest BCUT2D eigenvalue weighted by atomic mass is 9.80. The van der Waals surface area contributed by atoms with Gasteiger partial charge in [-0.1, -0.05) is 28.1 Å². The first-order valence-corrected chi connectivity index (χ1v) is 8.45. The lowest BCUT2D eigenvalue weighted by Gasteiger charge is -2.40. The van der Waals surface area contributed by atoms with Crippen LogP contribution in [0.4, 0.5) is 0 Å². The number of likely N-dealkylation sites (tertiary alicyclic amines) is 1. The maximum atomic E-state index is 12.8. The Morgan fingerprint density at radius 3 is 2.61 bits per heavy atom. The van der Waals surface area contributed by atoms with Crippen LogP contribution < -0.4 is 0 Å². The molecule has 0 bridgehead atoms. The summed E-state index contributed by atoms with van der Waals surface area (Å²) in [5, 5.41) is 9.58. The van der Waals surface area contributed by atoms with Crippen molar-refractivity contribution in [3.63, 3.8) is 0 Å². The fourth-order valence-corrected chi connectivity index (χ4v) is 3.38. The summed E-state index contributed by atoms with van der Waals surface area (Å²) in [5.41, 5.74) is -0.0707. The second kappa shape index (κ2) is 7.45. The summed E-state index contributed by atoms with van der Waals surface area (Å²) in [7, 11) is 1.50. The van der Waals surface area contributed by atoms with Crippen molar-refractivity contribution < 1.29 is 19.4 Å². The minimum Gasteiger partial charge on any atom is -0.481 e. The van der Waals surface area contributed by atoms with Crippen molar-refractivity contribution in [1.29, 1.82) is 0 Å². The van der Waals surface area contributed by atoms with Crippen LogP contribution in [-0.4, -0.2) is 48.7 Å². The fraction of sp³-hybridized carbons (Fsp3) is 0.529. The van der Waals surface area contributed by atoms with Crippen molar-refractivity contribution in [2.24, 2.45) is 5.41 Å². The third kappa shape index (κ3) is 3.93. The van der Waals surface area contributed by atoms with E-state index < -0.39 is 11.4 Å². The van der Waals surface area contributed by atoms with Crippen LogP contribution in [0, 0.1) is 5.41 Å². The molecular formula is C17H22BrNO4. The Kier molecular flexibility index (Phi) is 5.81. The molecule has 0 aromatic heterocycles. The summed E-state index contributed by atoms with van der Waals surface area (Å²) in [6.45, 7) is 2.78. The van der Waals surface area contributed by atoms with Gasteiger partial charge < -0.3 is 14.7 Å². The molecule has 6 heteroatoms. The summed E-state index contributed by atoms with van der Waals surface area (Å²) in [6, 6.07) is 7.63. The lowest BCUT2D eigenvalue weighted by Crippen LogP contribution is -2.52. The number of carbonyl (C=O) groups excluding carboxylic acids is 1. The minimum atomic E-state index is -0.998. The van der Waals surface area contributed by atoms with Gasteiger partial charge in [0.1, 0.15) is 5.41 Å². The van der Waals surface area contributed by atoms with Gasteiger partial charge in [0.2, 0.25) is 5.91 Å². The van der Waals surface area contributed by atoms with E-state index in [1.807, 2.05) is 31.2 Å². The van der Waals surface area contributed by atoms with E-state index in [0.717, 1.165) is 10.0 Å². The van der Waals surface area contributed by atoms with Gasteiger partial charge in [-0.05, 0) is 37.5 Å². The molecule has 2 rings (SSSR count). The van der Waals surface area contributed by atoms with Crippen LogP contribution in [0.5, 0.6) is 0 Å². The third-order valence-electron chi connectivity index (χ3n) is 4.50. The van der Waals surface area contributed by atoms with E-state index in [4.69, 9.17) is 4.74 Å². The molecule has 2 unspecified atom stereocenters. The second-order valence-corrected chi connectivity index (χ2v) is 7.07. The first-order chi connectivity index (χ1) is 10.9. The Labute approximate surface area is 144 Å². The van der Waals surface area contributed by atoms with E-state index in [9.17, 15) is 14.7 Å². The highest BCUT2D eigenvalue weighted by Gasteiger charge is 2.44. The van der Waals surface area contributed by atoms with Gasteiger partial charge in [-0.3, -0.25) is 9.59 Å². The number of halogens is 1. The van der Waals surface area contributed by atoms with Gasteiger partial charge in [0, 0.05) is 24.7 Å². The van der Waals surface area contributed by atoms with Crippen LogP contribution in [-0.2, 0) is 14.3 Å². The summed E-state index contributed by atoms with van der Waals surface area (Å²) in [4.78, 5) is 26.1. The largest absolute Gasteiger partial charge is 0.481 e. The fourth-order valence-electron chi connectivity index (χ4n) is 3.12. The van der Waals surface area contributed by atoms with Gasteiger partial charge in [0.15, 0.2) is 0 Å². The van der Waals surface area contributed by atoms with Crippen LogP contribution in [0.1, 0.15) is 31.2 Å². The Hall–Kier alpha value is -1.40. The zero-order chi connectivity index (χ0) is 17.0. The molecule has 23 heavy (non-hydrogen) atoms. The summed E-state index contributed by atoms with van der Waals surface area (Å²) in [5.74, 6) is -1.22. The number of hydrogen-bond acceptors (Lipinski definition) is 3.